The summed E-state index contributed by atoms with van der Waals surface area (Å²) in [6, 6.07) is 16.4. The number of aliphatic hydroxyl groups excluding tert-OH is 1. The van der Waals surface area contributed by atoms with E-state index in [1.165, 1.54) is 18.1 Å². The Hall–Kier alpha value is -4.30. The third kappa shape index (κ3) is 4.48. The Labute approximate surface area is 224 Å². The minimum atomic E-state index is -0.980. The minimum Gasteiger partial charge on any atom is -0.507 e. The number of aromatic amines is 1. The van der Waals surface area contributed by atoms with Gasteiger partial charge in [0.25, 0.3) is 5.78 Å². The molecule has 1 atom stereocenters. The molecule has 0 bridgehead atoms. The van der Waals surface area contributed by atoms with E-state index in [9.17, 15) is 14.7 Å². The molecule has 4 aromatic rings. The zero-order chi connectivity index (χ0) is 27.1. The lowest BCUT2D eigenvalue weighted by Crippen LogP contribution is -2.30. The van der Waals surface area contributed by atoms with Crippen LogP contribution in [0.25, 0.3) is 16.8 Å². The molecule has 8 nitrogen and oxygen atoms in total. The fourth-order valence-electron chi connectivity index (χ4n) is 4.55. The average Bonchev–Trinajstić information content (AvgIpc) is 3.41. The van der Waals surface area contributed by atoms with Crippen LogP contribution in [0.5, 0.6) is 11.5 Å². The van der Waals surface area contributed by atoms with Gasteiger partial charge in [0, 0.05) is 5.56 Å². The second kappa shape index (κ2) is 9.87. The molecule has 0 saturated carbocycles. The summed E-state index contributed by atoms with van der Waals surface area (Å²) in [6.07, 6.45) is -0.0271. The van der Waals surface area contributed by atoms with Crippen LogP contribution in [-0.4, -0.2) is 40.0 Å². The summed E-state index contributed by atoms with van der Waals surface area (Å²) in [6.45, 7) is 5.79. The molecule has 2 N–H and O–H groups in total. The molecule has 1 saturated heterocycles. The number of aromatic nitrogens is 2. The van der Waals surface area contributed by atoms with Crippen LogP contribution in [0.1, 0.15) is 36.6 Å². The number of methoxy groups -OCH3 is 1. The van der Waals surface area contributed by atoms with Crippen molar-refractivity contribution in [2.75, 3.05) is 12.0 Å². The number of H-pyrrole nitrogens is 1. The summed E-state index contributed by atoms with van der Waals surface area (Å²) in [5, 5.41) is 11.6. The number of hydrogen-bond acceptors (Lipinski definition) is 6. The van der Waals surface area contributed by atoms with E-state index >= 15 is 0 Å². The second-order valence-corrected chi connectivity index (χ2v) is 9.74. The Bertz CT molecular complexity index is 1590. The van der Waals surface area contributed by atoms with E-state index in [4.69, 9.17) is 21.1 Å². The van der Waals surface area contributed by atoms with Crippen molar-refractivity contribution in [2.45, 2.75) is 32.9 Å². The number of halogens is 1. The first-order chi connectivity index (χ1) is 18.2. The number of benzene rings is 3. The summed E-state index contributed by atoms with van der Waals surface area (Å²) in [4.78, 5) is 36.0. The fraction of sp³-hybridized carbons (Fsp3) is 0.207. The summed E-state index contributed by atoms with van der Waals surface area (Å²) in [5.74, 6) is -0.829. The fourth-order valence-corrected chi connectivity index (χ4v) is 4.76. The molecule has 1 aliphatic rings. The molecular formula is C29H26ClN3O5. The number of imidazole rings is 1. The highest BCUT2D eigenvalue weighted by Crippen LogP contribution is 2.43. The largest absolute Gasteiger partial charge is 0.507 e. The van der Waals surface area contributed by atoms with Crippen molar-refractivity contribution in [1.29, 1.82) is 0 Å². The second-order valence-electron chi connectivity index (χ2n) is 9.33. The van der Waals surface area contributed by atoms with Gasteiger partial charge < -0.3 is 19.6 Å². The lowest BCUT2D eigenvalue weighted by Gasteiger charge is -2.23. The van der Waals surface area contributed by atoms with E-state index in [1.54, 1.807) is 36.4 Å². The number of amides is 1. The predicted molar refractivity (Wildman–Crippen MR) is 146 cm³/mol. The van der Waals surface area contributed by atoms with Gasteiger partial charge in [0.2, 0.25) is 5.95 Å². The number of nitrogens with zero attached hydrogens (tertiary/aromatic N) is 2. The van der Waals surface area contributed by atoms with Gasteiger partial charge in [-0.1, -0.05) is 29.8 Å². The average molecular weight is 532 g/mol. The zero-order valence-electron chi connectivity index (χ0n) is 21.3. The summed E-state index contributed by atoms with van der Waals surface area (Å²) < 4.78 is 11.0. The number of carbonyl (C=O) groups is 2. The van der Waals surface area contributed by atoms with Crippen molar-refractivity contribution >= 4 is 46.0 Å². The Morgan fingerprint density at radius 2 is 1.76 bits per heavy atom. The molecule has 38 heavy (non-hydrogen) atoms. The van der Waals surface area contributed by atoms with Crippen molar-refractivity contribution in [3.05, 3.63) is 87.9 Å². The highest BCUT2D eigenvalue weighted by Gasteiger charge is 2.48. The summed E-state index contributed by atoms with van der Waals surface area (Å²) in [5.41, 5.74) is 3.02. The number of Topliss-reactive ketones (excluding diaryl/α,β-unsaturated/α-hetero) is 1. The van der Waals surface area contributed by atoms with Gasteiger partial charge in [0.05, 0.1) is 40.9 Å². The normalized spacial score (nSPS) is 17.0. The maximum Gasteiger partial charge on any atom is 0.302 e. The van der Waals surface area contributed by atoms with Crippen LogP contribution in [0.4, 0.5) is 5.95 Å². The molecule has 0 radical (unpaired) electrons. The number of aliphatic hydroxyl groups is 1. The highest BCUT2D eigenvalue weighted by molar-refractivity contribution is 6.51. The van der Waals surface area contributed by atoms with E-state index in [1.807, 2.05) is 39.0 Å². The van der Waals surface area contributed by atoms with Crippen LogP contribution < -0.4 is 14.4 Å². The molecule has 1 aromatic heterocycles. The van der Waals surface area contributed by atoms with Gasteiger partial charge in [0.1, 0.15) is 17.3 Å². The van der Waals surface area contributed by atoms with E-state index in [-0.39, 0.29) is 28.2 Å². The maximum atomic E-state index is 13.5. The van der Waals surface area contributed by atoms with Gasteiger partial charge in [-0.25, -0.2) is 4.98 Å². The maximum absolute atomic E-state index is 13.5. The lowest BCUT2D eigenvalue weighted by molar-refractivity contribution is -0.132. The van der Waals surface area contributed by atoms with Gasteiger partial charge in [-0.2, -0.15) is 0 Å². The molecule has 9 heteroatoms. The van der Waals surface area contributed by atoms with Crippen molar-refractivity contribution < 1.29 is 24.2 Å². The van der Waals surface area contributed by atoms with E-state index in [2.05, 4.69) is 9.97 Å². The number of anilines is 1. The van der Waals surface area contributed by atoms with Gasteiger partial charge in [-0.15, -0.1) is 0 Å². The number of carbonyl (C=O) groups excluding carboxylic acids is 2. The number of ether oxygens (including phenoxy) is 2. The van der Waals surface area contributed by atoms with E-state index in [0.717, 1.165) is 11.1 Å². The summed E-state index contributed by atoms with van der Waals surface area (Å²) in [7, 11) is 1.48. The quantitative estimate of drug-likeness (QED) is 0.181. The van der Waals surface area contributed by atoms with E-state index in [0.29, 0.717) is 22.6 Å². The number of nitrogens with one attached hydrogen (secondary N) is 1. The molecular weight excluding hydrogens is 506 g/mol. The molecule has 0 aliphatic carbocycles. The number of aryl methyl sites for hydroxylation is 1. The highest BCUT2D eigenvalue weighted by atomic mass is 35.5. The third-order valence-electron chi connectivity index (χ3n) is 6.29. The zero-order valence-corrected chi connectivity index (χ0v) is 22.0. The topological polar surface area (TPSA) is 105 Å². The molecule has 1 amide bonds. The van der Waals surface area contributed by atoms with Crippen LogP contribution >= 0.6 is 11.6 Å². The monoisotopic (exact) mass is 531 g/mol. The van der Waals surface area contributed by atoms with Crippen LogP contribution in [0.3, 0.4) is 0 Å². The Morgan fingerprint density at radius 3 is 2.45 bits per heavy atom. The Morgan fingerprint density at radius 1 is 1.05 bits per heavy atom. The van der Waals surface area contributed by atoms with Gasteiger partial charge in [0.15, 0.2) is 0 Å². The molecule has 1 fully saturated rings. The van der Waals surface area contributed by atoms with Crippen LogP contribution in [-0.2, 0) is 9.59 Å². The standard InChI is InChI=1S/C29H26ClN3O5/c1-15(2)38-18-8-6-17(7-9-18)25-24(26(34)20-14-19(37-4)10-11-21(20)30)27(35)28(36)33(25)29-31-22-12-5-16(3)13-23(22)32-29/h5-15,25,34H,1-4H3,(H,31,32)/b26-24+. The third-order valence-corrected chi connectivity index (χ3v) is 6.62. The smallest absolute Gasteiger partial charge is 0.302 e. The molecule has 1 unspecified atom stereocenters. The molecule has 5 rings (SSSR count). The van der Waals surface area contributed by atoms with Crippen molar-refractivity contribution in [1.82, 2.24) is 9.97 Å². The first kappa shape index (κ1) is 25.4. The molecule has 0 spiro atoms. The van der Waals surface area contributed by atoms with Crippen LogP contribution in [0, 0.1) is 6.92 Å². The van der Waals surface area contributed by atoms with Crippen molar-refractivity contribution in [2.24, 2.45) is 0 Å². The van der Waals surface area contributed by atoms with Crippen molar-refractivity contribution in [3.63, 3.8) is 0 Å². The molecule has 3 aromatic carbocycles. The lowest BCUT2D eigenvalue weighted by atomic mass is 9.95. The van der Waals surface area contributed by atoms with Crippen LogP contribution in [0.2, 0.25) is 5.02 Å². The molecule has 1 aliphatic heterocycles. The number of hydrogen-bond donors (Lipinski definition) is 2. The molecule has 194 valence electrons. The summed E-state index contributed by atoms with van der Waals surface area (Å²) >= 11 is 6.40. The number of ketones is 1. The Balaban J connectivity index is 1.71. The van der Waals surface area contributed by atoms with Gasteiger partial charge in [-0.3, -0.25) is 14.5 Å². The first-order valence-electron chi connectivity index (χ1n) is 12.1. The first-order valence-corrected chi connectivity index (χ1v) is 12.4. The van der Waals surface area contributed by atoms with Crippen molar-refractivity contribution in [3.8, 4) is 11.5 Å². The SMILES string of the molecule is COc1ccc(Cl)c(/C(O)=C2\C(=O)C(=O)N(c3nc4ccc(C)cc4[nH]3)C2c2ccc(OC(C)C)cc2)c1. The number of rotatable bonds is 6. The van der Waals surface area contributed by atoms with Gasteiger partial charge >= 0.3 is 5.91 Å². The van der Waals surface area contributed by atoms with Gasteiger partial charge in [-0.05, 0) is 74.4 Å². The number of fused-ring (bicyclic) bond motifs is 1. The Kier molecular flexibility index (Phi) is 6.59. The molecule has 2 heterocycles. The minimum absolute atomic E-state index is 0.0271. The predicted octanol–water partition coefficient (Wildman–Crippen LogP) is 5.95. The van der Waals surface area contributed by atoms with Crippen LogP contribution in [0.15, 0.2) is 66.2 Å². The van der Waals surface area contributed by atoms with E-state index < -0.39 is 23.5 Å².